The molecule has 10 heteroatoms. The van der Waals surface area contributed by atoms with Crippen molar-refractivity contribution < 1.29 is 17.7 Å². The number of hydrogen-bond donors (Lipinski definition) is 0. The van der Waals surface area contributed by atoms with E-state index in [4.69, 9.17) is 36.9 Å². The molecule has 0 spiro atoms. The maximum absolute atomic E-state index is 13.8. The number of benzene rings is 7. The van der Waals surface area contributed by atoms with E-state index in [0.29, 0.717) is 50.4 Å². The third-order valence-corrected chi connectivity index (χ3v) is 12.8. The highest BCUT2D eigenvalue weighted by Crippen LogP contribution is 2.55. The van der Waals surface area contributed by atoms with Crippen LogP contribution in [0.15, 0.2) is 188 Å². The Kier molecular flexibility index (Phi) is 8.53. The van der Waals surface area contributed by atoms with Crippen molar-refractivity contribution in [2.24, 2.45) is 0 Å². The van der Waals surface area contributed by atoms with Crippen LogP contribution in [0.3, 0.4) is 0 Å². The standard InChI is InChI=1S/C58H30N2O8/c1-5-13-38-39-18-9-10-19-45(39)58(44(38)8-4,34-20-22-46-48(26-34)67-52-30-42-40(28-50(52)65-46)54(61)59(56(42)63)36-16-11-14-32(6-2)24-36)35-21-23-47-49(27-35)68-53-31-43-41(29-51(53)66-47)55(62)60(57(43)64)37-17-12-15-33(7-3)25-37/h2-5,9-31H,1H3/b13-5-. The highest BCUT2D eigenvalue weighted by atomic mass is 16.4. The van der Waals surface area contributed by atoms with E-state index in [1.165, 1.54) is 24.3 Å². The van der Waals surface area contributed by atoms with Gasteiger partial charge in [0.1, 0.15) is 0 Å². The molecular formula is C58H30N2O8. The SMILES string of the molecule is C#CC1=C(/C=C\C)c2ccccc2C1(c1ccc2oc3cc4c(=O)n(-c5cccc(C#C)c5)c(=O)c4cc3oc2c1)c1ccc2oc3cc4c(=O)n(-c5cccc(C#C)c5)c(=O)c4cc3oc2c1. The van der Waals surface area contributed by atoms with Crippen LogP contribution < -0.4 is 22.2 Å². The van der Waals surface area contributed by atoms with Crippen molar-refractivity contribution >= 4 is 71.8 Å². The fraction of sp³-hybridized carbons (Fsp3) is 0.0345. The van der Waals surface area contributed by atoms with E-state index in [0.717, 1.165) is 37.0 Å². The van der Waals surface area contributed by atoms with Crippen LogP contribution in [0.5, 0.6) is 0 Å². The third-order valence-electron chi connectivity index (χ3n) is 12.8. The van der Waals surface area contributed by atoms with Gasteiger partial charge in [-0.05, 0) is 120 Å². The lowest BCUT2D eigenvalue weighted by atomic mass is 9.67. The van der Waals surface area contributed by atoms with Crippen molar-refractivity contribution in [2.45, 2.75) is 12.3 Å². The van der Waals surface area contributed by atoms with E-state index in [1.807, 2.05) is 67.6 Å². The number of terminal acetylenes is 3. The van der Waals surface area contributed by atoms with Crippen molar-refractivity contribution in [1.29, 1.82) is 0 Å². The molecule has 0 saturated carbocycles. The maximum atomic E-state index is 13.8. The first-order chi connectivity index (χ1) is 33.1. The van der Waals surface area contributed by atoms with Crippen molar-refractivity contribution in [3.8, 4) is 48.4 Å². The first-order valence-corrected chi connectivity index (χ1v) is 21.4. The Morgan fingerprint density at radius 2 is 0.897 bits per heavy atom. The monoisotopic (exact) mass is 882 g/mol. The van der Waals surface area contributed by atoms with Crippen LogP contribution in [0.25, 0.3) is 83.2 Å². The minimum absolute atomic E-state index is 0.156. The van der Waals surface area contributed by atoms with Crippen LogP contribution >= 0.6 is 0 Å². The lowest BCUT2D eigenvalue weighted by Crippen LogP contribution is -2.29. The molecule has 0 saturated heterocycles. The molecule has 1 aliphatic rings. The summed E-state index contributed by atoms with van der Waals surface area (Å²) < 4.78 is 28.2. The second kappa shape index (κ2) is 14.6. The van der Waals surface area contributed by atoms with Gasteiger partial charge in [0.25, 0.3) is 22.2 Å². The quantitative estimate of drug-likeness (QED) is 0.123. The van der Waals surface area contributed by atoms with E-state index >= 15 is 0 Å². The van der Waals surface area contributed by atoms with Gasteiger partial charge in [-0.15, -0.1) is 19.3 Å². The Bertz CT molecular complexity index is 4300. The van der Waals surface area contributed by atoms with Crippen LogP contribution in [0.2, 0.25) is 0 Å². The van der Waals surface area contributed by atoms with Crippen LogP contribution in [-0.2, 0) is 5.41 Å². The minimum Gasteiger partial charge on any atom is -0.449 e. The average Bonchev–Trinajstić information content (AvgIpc) is 3.89. The van der Waals surface area contributed by atoms with Gasteiger partial charge < -0.3 is 17.7 Å². The minimum atomic E-state index is -1.14. The van der Waals surface area contributed by atoms with Crippen molar-refractivity contribution in [3.05, 3.63) is 226 Å². The molecule has 0 amide bonds. The van der Waals surface area contributed by atoms with Gasteiger partial charge in [-0.2, -0.15) is 0 Å². The zero-order chi connectivity index (χ0) is 46.6. The smallest absolute Gasteiger partial charge is 0.266 e. The molecule has 12 rings (SSSR count). The van der Waals surface area contributed by atoms with Crippen molar-refractivity contribution in [2.75, 3.05) is 0 Å². The second-order valence-corrected chi connectivity index (χ2v) is 16.4. The summed E-state index contributed by atoms with van der Waals surface area (Å²) in [7, 11) is 0. The molecule has 10 nitrogen and oxygen atoms in total. The van der Waals surface area contributed by atoms with Gasteiger partial charge in [-0.1, -0.05) is 78.4 Å². The predicted octanol–water partition coefficient (Wildman–Crippen LogP) is 10.3. The fourth-order valence-corrected chi connectivity index (χ4v) is 9.84. The Labute approximate surface area is 383 Å². The molecule has 0 bridgehead atoms. The highest BCUT2D eigenvalue weighted by molar-refractivity contribution is 5.98. The molecule has 0 radical (unpaired) electrons. The molecule has 320 valence electrons. The summed E-state index contributed by atoms with van der Waals surface area (Å²) in [4.78, 5) is 55.1. The van der Waals surface area contributed by atoms with E-state index in [2.05, 4.69) is 17.8 Å². The largest absolute Gasteiger partial charge is 0.449 e. The van der Waals surface area contributed by atoms with Gasteiger partial charge in [0.05, 0.1) is 38.3 Å². The summed E-state index contributed by atoms with van der Waals surface area (Å²) in [6.45, 7) is 1.93. The van der Waals surface area contributed by atoms with E-state index in [9.17, 15) is 19.2 Å². The van der Waals surface area contributed by atoms with Gasteiger partial charge in [0, 0.05) is 16.7 Å². The second-order valence-electron chi connectivity index (χ2n) is 16.4. The van der Waals surface area contributed by atoms with Gasteiger partial charge in [0.2, 0.25) is 0 Å². The molecular weight excluding hydrogens is 853 g/mol. The average molecular weight is 883 g/mol. The molecule has 4 heterocycles. The topological polar surface area (TPSA) is 131 Å². The predicted molar refractivity (Wildman–Crippen MR) is 263 cm³/mol. The summed E-state index contributed by atoms with van der Waals surface area (Å²) in [5.74, 6) is 8.16. The number of nitrogens with zero attached hydrogens (tertiary/aromatic N) is 2. The van der Waals surface area contributed by atoms with Crippen LogP contribution in [0.4, 0.5) is 0 Å². The molecule has 68 heavy (non-hydrogen) atoms. The summed E-state index contributed by atoms with van der Waals surface area (Å²) in [5, 5.41) is 0.654. The number of aromatic nitrogens is 2. The summed E-state index contributed by atoms with van der Waals surface area (Å²) in [5.41, 5.74) is 5.76. The zero-order valence-electron chi connectivity index (χ0n) is 35.7. The van der Waals surface area contributed by atoms with Gasteiger partial charge in [-0.25, -0.2) is 9.13 Å². The van der Waals surface area contributed by atoms with Crippen LogP contribution in [0.1, 0.15) is 40.3 Å². The third kappa shape index (κ3) is 5.51. The normalized spacial score (nSPS) is 13.3. The molecule has 0 fully saturated rings. The Morgan fingerprint density at radius 3 is 1.32 bits per heavy atom. The maximum Gasteiger partial charge on any atom is 0.266 e. The molecule has 4 aromatic heterocycles. The number of hydrogen-bond acceptors (Lipinski definition) is 8. The molecule has 0 N–H and O–H groups in total. The lowest BCUT2D eigenvalue weighted by molar-refractivity contribution is 0.579. The first kappa shape index (κ1) is 39.7. The van der Waals surface area contributed by atoms with Gasteiger partial charge >= 0.3 is 0 Å². The van der Waals surface area contributed by atoms with E-state index in [1.54, 1.807) is 60.7 Å². The van der Waals surface area contributed by atoms with Crippen LogP contribution in [0, 0.1) is 37.0 Å². The summed E-state index contributed by atoms with van der Waals surface area (Å²) in [6, 6.07) is 38.6. The highest BCUT2D eigenvalue weighted by Gasteiger charge is 2.47. The molecule has 0 atom stereocenters. The molecule has 1 aliphatic carbocycles. The van der Waals surface area contributed by atoms with Gasteiger partial charge in [-0.3, -0.25) is 19.2 Å². The van der Waals surface area contributed by atoms with Crippen molar-refractivity contribution in [3.63, 3.8) is 0 Å². The first-order valence-electron chi connectivity index (χ1n) is 21.4. The van der Waals surface area contributed by atoms with Gasteiger partial charge in [0.15, 0.2) is 44.7 Å². The van der Waals surface area contributed by atoms with E-state index in [-0.39, 0.29) is 43.9 Å². The number of fused-ring (bicyclic) bond motifs is 7. The zero-order valence-corrected chi connectivity index (χ0v) is 35.7. The Balaban J connectivity index is 1.07. The van der Waals surface area contributed by atoms with E-state index < -0.39 is 27.7 Å². The molecule has 0 unspecified atom stereocenters. The summed E-state index contributed by atoms with van der Waals surface area (Å²) >= 11 is 0. The molecule has 0 aliphatic heterocycles. The van der Waals surface area contributed by atoms with Crippen molar-refractivity contribution in [1.82, 2.24) is 9.13 Å². The van der Waals surface area contributed by atoms with Crippen LogP contribution in [-0.4, -0.2) is 9.13 Å². The Hall–Kier alpha value is -9.82. The fourth-order valence-electron chi connectivity index (χ4n) is 9.84. The molecule has 11 aromatic rings. The summed E-state index contributed by atoms with van der Waals surface area (Å²) in [6.07, 6.45) is 21.7. The number of allylic oxidation sites excluding steroid dienone is 4. The lowest BCUT2D eigenvalue weighted by Gasteiger charge is -2.33. The Morgan fingerprint density at radius 1 is 0.471 bits per heavy atom. The molecule has 7 aromatic carbocycles. The number of rotatable bonds is 5.